The Morgan fingerprint density at radius 3 is 2.53 bits per heavy atom. The standard InChI is InChI=1S/C21H22ClFN4O3/c1-11-13(7-8-14-16(11)19(28)26(5)10-24-14)25-18-12(23)6-9-15(17(18)22)27(20(29)30)21(2,3)4/h6-10,25H,1-5H3,(H,29,30). The van der Waals surface area contributed by atoms with Crippen molar-refractivity contribution in [2.24, 2.45) is 7.05 Å². The molecule has 0 radical (unpaired) electrons. The molecule has 0 fully saturated rings. The smallest absolute Gasteiger partial charge is 0.412 e. The van der Waals surface area contributed by atoms with Gasteiger partial charge in [-0.1, -0.05) is 11.6 Å². The summed E-state index contributed by atoms with van der Waals surface area (Å²) in [5, 5.41) is 12.9. The van der Waals surface area contributed by atoms with Gasteiger partial charge >= 0.3 is 6.09 Å². The number of carboxylic acid groups (broad SMARTS) is 1. The number of anilines is 3. The second kappa shape index (κ2) is 7.60. The molecule has 9 heteroatoms. The molecule has 0 bridgehead atoms. The van der Waals surface area contributed by atoms with Gasteiger partial charge in [-0.25, -0.2) is 14.2 Å². The molecule has 3 aromatic rings. The van der Waals surface area contributed by atoms with Crippen LogP contribution in [0.25, 0.3) is 10.9 Å². The number of amides is 1. The van der Waals surface area contributed by atoms with Gasteiger partial charge in [0.25, 0.3) is 5.56 Å². The third-order valence-electron chi connectivity index (χ3n) is 4.78. The second-order valence-corrected chi connectivity index (χ2v) is 8.34. The Morgan fingerprint density at radius 2 is 1.93 bits per heavy atom. The predicted octanol–water partition coefficient (Wildman–Crippen LogP) is 5.06. The van der Waals surface area contributed by atoms with Gasteiger partial charge in [-0.3, -0.25) is 9.69 Å². The quantitative estimate of drug-likeness (QED) is 0.604. The van der Waals surface area contributed by atoms with Crippen LogP contribution in [0.1, 0.15) is 26.3 Å². The van der Waals surface area contributed by atoms with Crippen LogP contribution in [0.4, 0.5) is 26.2 Å². The van der Waals surface area contributed by atoms with E-state index in [-0.39, 0.29) is 22.0 Å². The van der Waals surface area contributed by atoms with E-state index in [1.165, 1.54) is 17.0 Å². The third kappa shape index (κ3) is 3.70. The molecular weight excluding hydrogens is 411 g/mol. The Balaban J connectivity index is 2.17. The minimum Gasteiger partial charge on any atom is -0.465 e. The van der Waals surface area contributed by atoms with Gasteiger partial charge in [0.2, 0.25) is 0 Å². The number of nitrogens with one attached hydrogen (secondary N) is 1. The van der Waals surface area contributed by atoms with E-state index in [0.29, 0.717) is 22.2 Å². The number of hydrogen-bond acceptors (Lipinski definition) is 4. The summed E-state index contributed by atoms with van der Waals surface area (Å²) < 4.78 is 16.0. The fourth-order valence-corrected chi connectivity index (χ4v) is 3.59. The van der Waals surface area contributed by atoms with Gasteiger partial charge in [-0.15, -0.1) is 0 Å². The lowest BCUT2D eigenvalue weighted by molar-refractivity contribution is 0.195. The molecule has 2 aromatic carbocycles. The molecule has 3 rings (SSSR count). The molecular formula is C21H22ClFN4O3. The van der Waals surface area contributed by atoms with E-state index in [2.05, 4.69) is 10.3 Å². The average molecular weight is 433 g/mol. The highest BCUT2D eigenvalue weighted by Gasteiger charge is 2.31. The second-order valence-electron chi connectivity index (χ2n) is 7.96. The predicted molar refractivity (Wildman–Crippen MR) is 117 cm³/mol. The van der Waals surface area contributed by atoms with E-state index in [1.54, 1.807) is 46.9 Å². The normalized spacial score (nSPS) is 11.6. The van der Waals surface area contributed by atoms with Crippen LogP contribution in [0.3, 0.4) is 0 Å². The van der Waals surface area contributed by atoms with Crippen LogP contribution in [-0.4, -0.2) is 26.3 Å². The summed E-state index contributed by atoms with van der Waals surface area (Å²) in [4.78, 5) is 29.7. The summed E-state index contributed by atoms with van der Waals surface area (Å²) in [7, 11) is 1.60. The van der Waals surface area contributed by atoms with E-state index in [9.17, 15) is 19.1 Å². The van der Waals surface area contributed by atoms with Gasteiger partial charge in [-0.2, -0.15) is 0 Å². The molecule has 0 aliphatic heterocycles. The summed E-state index contributed by atoms with van der Waals surface area (Å²) in [6.07, 6.45) is 0.225. The van der Waals surface area contributed by atoms with Crippen molar-refractivity contribution in [1.82, 2.24) is 9.55 Å². The SMILES string of the molecule is Cc1c(Nc2c(F)ccc(N(C(=O)O)C(C)(C)C)c2Cl)ccc2ncn(C)c(=O)c12. The molecule has 0 aliphatic rings. The maximum atomic E-state index is 14.7. The molecule has 7 nitrogen and oxygen atoms in total. The molecule has 0 saturated carbocycles. The van der Waals surface area contributed by atoms with Crippen LogP contribution in [-0.2, 0) is 7.05 Å². The number of benzene rings is 2. The lowest BCUT2D eigenvalue weighted by Gasteiger charge is -2.34. The van der Waals surface area contributed by atoms with Gasteiger partial charge in [0.05, 0.1) is 33.6 Å². The highest BCUT2D eigenvalue weighted by molar-refractivity contribution is 6.36. The van der Waals surface area contributed by atoms with Crippen LogP contribution in [0, 0.1) is 12.7 Å². The Bertz CT molecular complexity index is 1220. The van der Waals surface area contributed by atoms with E-state index >= 15 is 0 Å². The van der Waals surface area contributed by atoms with Crippen LogP contribution in [0.5, 0.6) is 0 Å². The van der Waals surface area contributed by atoms with Gasteiger partial charge in [0.1, 0.15) is 5.82 Å². The molecule has 1 amide bonds. The van der Waals surface area contributed by atoms with E-state index in [1.807, 2.05) is 0 Å². The van der Waals surface area contributed by atoms with Gasteiger partial charge in [0, 0.05) is 18.3 Å². The lowest BCUT2D eigenvalue weighted by Crippen LogP contribution is -2.45. The molecule has 0 atom stereocenters. The van der Waals surface area contributed by atoms with Crippen molar-refractivity contribution in [2.45, 2.75) is 33.2 Å². The van der Waals surface area contributed by atoms with Gasteiger partial charge < -0.3 is 15.0 Å². The summed E-state index contributed by atoms with van der Waals surface area (Å²) in [6, 6.07) is 5.81. The number of fused-ring (bicyclic) bond motifs is 1. The van der Waals surface area contributed by atoms with E-state index < -0.39 is 17.4 Å². The molecule has 1 aromatic heterocycles. The first-order chi connectivity index (χ1) is 13.9. The Labute approximate surface area is 177 Å². The number of rotatable bonds is 3. The average Bonchev–Trinajstić information content (AvgIpc) is 2.64. The summed E-state index contributed by atoms with van der Waals surface area (Å²) in [6.45, 7) is 6.86. The van der Waals surface area contributed by atoms with Crippen LogP contribution in [0.15, 0.2) is 35.4 Å². The molecule has 1 heterocycles. The maximum Gasteiger partial charge on any atom is 0.412 e. The zero-order valence-electron chi connectivity index (χ0n) is 17.2. The summed E-state index contributed by atoms with van der Waals surface area (Å²) in [5.41, 5.74) is 0.597. The third-order valence-corrected chi connectivity index (χ3v) is 5.16. The van der Waals surface area contributed by atoms with Crippen molar-refractivity contribution in [3.63, 3.8) is 0 Å². The number of hydrogen-bond donors (Lipinski definition) is 2. The molecule has 158 valence electrons. The van der Waals surface area contributed by atoms with Crippen molar-refractivity contribution < 1.29 is 14.3 Å². The number of halogens is 2. The Morgan fingerprint density at radius 1 is 1.27 bits per heavy atom. The minimum absolute atomic E-state index is 0.0761. The fraction of sp³-hybridized carbons (Fsp3) is 0.286. The number of nitrogens with zero attached hydrogens (tertiary/aromatic N) is 3. The van der Waals surface area contributed by atoms with E-state index in [0.717, 1.165) is 11.0 Å². The maximum absolute atomic E-state index is 14.7. The van der Waals surface area contributed by atoms with Crippen molar-refractivity contribution in [3.05, 3.63) is 57.3 Å². The monoisotopic (exact) mass is 432 g/mol. The largest absolute Gasteiger partial charge is 0.465 e. The molecule has 0 saturated heterocycles. The fourth-order valence-electron chi connectivity index (χ4n) is 3.30. The lowest BCUT2D eigenvalue weighted by atomic mass is 10.0. The number of aromatic nitrogens is 2. The minimum atomic E-state index is -1.21. The van der Waals surface area contributed by atoms with E-state index in [4.69, 9.17) is 11.6 Å². The van der Waals surface area contributed by atoms with Crippen molar-refractivity contribution in [3.8, 4) is 0 Å². The number of aryl methyl sites for hydroxylation is 2. The Kier molecular flexibility index (Phi) is 5.47. The van der Waals surface area contributed by atoms with Gasteiger partial charge in [0.15, 0.2) is 0 Å². The molecule has 0 spiro atoms. The zero-order valence-corrected chi connectivity index (χ0v) is 18.0. The summed E-state index contributed by atoms with van der Waals surface area (Å²) in [5.74, 6) is -0.651. The molecule has 30 heavy (non-hydrogen) atoms. The topological polar surface area (TPSA) is 87.5 Å². The van der Waals surface area contributed by atoms with Crippen LogP contribution >= 0.6 is 11.6 Å². The Hall–Kier alpha value is -3.13. The van der Waals surface area contributed by atoms with Crippen molar-refractivity contribution >= 4 is 45.7 Å². The molecule has 0 unspecified atom stereocenters. The zero-order chi connectivity index (χ0) is 22.4. The molecule has 2 N–H and O–H groups in total. The number of carbonyl (C=O) groups is 1. The summed E-state index contributed by atoms with van der Waals surface area (Å²) >= 11 is 6.45. The van der Waals surface area contributed by atoms with Crippen molar-refractivity contribution in [1.29, 1.82) is 0 Å². The first-order valence-corrected chi connectivity index (χ1v) is 9.54. The first kappa shape index (κ1) is 21.6. The highest BCUT2D eigenvalue weighted by Crippen LogP contribution is 2.40. The van der Waals surface area contributed by atoms with Crippen molar-refractivity contribution in [2.75, 3.05) is 10.2 Å². The van der Waals surface area contributed by atoms with Crippen LogP contribution < -0.4 is 15.8 Å². The highest BCUT2D eigenvalue weighted by atomic mass is 35.5. The first-order valence-electron chi connectivity index (χ1n) is 9.16. The molecule has 0 aliphatic carbocycles. The van der Waals surface area contributed by atoms with Crippen LogP contribution in [0.2, 0.25) is 5.02 Å². The van der Waals surface area contributed by atoms with Gasteiger partial charge in [-0.05, 0) is 57.5 Å².